The van der Waals surface area contributed by atoms with E-state index in [0.717, 1.165) is 17.0 Å². The highest BCUT2D eigenvalue weighted by molar-refractivity contribution is 7.07. The van der Waals surface area contributed by atoms with Gasteiger partial charge in [0.1, 0.15) is 11.3 Å². The van der Waals surface area contributed by atoms with E-state index in [1.54, 1.807) is 17.8 Å². The van der Waals surface area contributed by atoms with Crippen molar-refractivity contribution in [2.75, 3.05) is 6.61 Å². The maximum atomic E-state index is 13.8. The van der Waals surface area contributed by atoms with Crippen LogP contribution in [0.1, 0.15) is 72.6 Å². The summed E-state index contributed by atoms with van der Waals surface area (Å²) in [4.78, 5) is 36.0. The number of thiazole rings is 1. The van der Waals surface area contributed by atoms with E-state index >= 15 is 0 Å². The van der Waals surface area contributed by atoms with Gasteiger partial charge in [-0.1, -0.05) is 0 Å². The Hall–Kier alpha value is -3.25. The van der Waals surface area contributed by atoms with E-state index in [1.807, 2.05) is 19.2 Å². The minimum absolute atomic E-state index is 0.0376. The lowest BCUT2D eigenvalue weighted by molar-refractivity contribution is -0.180. The minimum Gasteiger partial charge on any atom is -0.373 e. The molecule has 1 saturated heterocycles. The van der Waals surface area contributed by atoms with Crippen molar-refractivity contribution in [3.63, 3.8) is 0 Å². The lowest BCUT2D eigenvalue weighted by atomic mass is 9.67. The second-order valence-corrected chi connectivity index (χ2v) is 12.1. The molecule has 208 valence electrons. The first kappa shape index (κ1) is 25.7. The molecule has 40 heavy (non-hydrogen) atoms. The van der Waals surface area contributed by atoms with Crippen LogP contribution in [0.2, 0.25) is 0 Å². The fourth-order valence-corrected chi connectivity index (χ4v) is 7.32. The number of halogens is 3. The third kappa shape index (κ3) is 4.14. The number of hydrogen-bond donors (Lipinski definition) is 0. The van der Waals surface area contributed by atoms with Crippen molar-refractivity contribution in [1.82, 2.24) is 29.5 Å². The molecule has 0 N–H and O–H groups in total. The lowest BCUT2D eigenvalue weighted by Crippen LogP contribution is -2.35. The molecule has 0 radical (unpaired) electrons. The van der Waals surface area contributed by atoms with Crippen molar-refractivity contribution < 1.29 is 17.9 Å². The highest BCUT2D eigenvalue weighted by atomic mass is 32.1. The van der Waals surface area contributed by atoms with Crippen LogP contribution in [0.3, 0.4) is 0 Å². The van der Waals surface area contributed by atoms with Crippen LogP contribution in [0.4, 0.5) is 13.2 Å². The van der Waals surface area contributed by atoms with Gasteiger partial charge in [-0.25, -0.2) is 24.9 Å². The summed E-state index contributed by atoms with van der Waals surface area (Å²) in [5.74, 6) is -0.621. The summed E-state index contributed by atoms with van der Waals surface area (Å²) in [5.41, 5.74) is 4.73. The zero-order chi connectivity index (χ0) is 27.8. The van der Waals surface area contributed by atoms with Crippen LogP contribution in [-0.2, 0) is 10.2 Å². The molecule has 0 spiro atoms. The zero-order valence-electron chi connectivity index (χ0n) is 22.0. The quantitative estimate of drug-likeness (QED) is 0.320. The first-order chi connectivity index (χ1) is 19.1. The summed E-state index contributed by atoms with van der Waals surface area (Å²) in [6, 6.07) is 3.28. The van der Waals surface area contributed by atoms with Crippen molar-refractivity contribution in [2.24, 2.45) is 11.8 Å². The largest absolute Gasteiger partial charge is 0.392 e. The SMILES string of the molecule is Cc1nc2nc(C3CCOC(c4ccc(=O)n(-c5cscn5)c4)C3)nc(C34CC(C3)[C@@H](C(F)(F)F)C4)c2nc1C. The highest BCUT2D eigenvalue weighted by Crippen LogP contribution is 2.66. The lowest BCUT2D eigenvalue weighted by Gasteiger charge is -2.39. The second kappa shape index (κ2) is 9.13. The minimum atomic E-state index is -4.21. The van der Waals surface area contributed by atoms with Gasteiger partial charge >= 0.3 is 6.18 Å². The molecule has 0 amide bonds. The highest BCUT2D eigenvalue weighted by Gasteiger charge is 2.65. The predicted molar refractivity (Wildman–Crippen MR) is 142 cm³/mol. The molecule has 4 aromatic rings. The van der Waals surface area contributed by atoms with Crippen LogP contribution in [0.25, 0.3) is 17.0 Å². The molecule has 3 aliphatic carbocycles. The molecule has 0 aromatic carbocycles. The van der Waals surface area contributed by atoms with E-state index in [0.29, 0.717) is 60.8 Å². The van der Waals surface area contributed by atoms with E-state index in [9.17, 15) is 18.0 Å². The number of fused-ring (bicyclic) bond motifs is 2. The van der Waals surface area contributed by atoms with E-state index in [1.165, 1.54) is 22.0 Å². The first-order valence-electron chi connectivity index (χ1n) is 13.4. The zero-order valence-corrected chi connectivity index (χ0v) is 22.8. The van der Waals surface area contributed by atoms with E-state index in [2.05, 4.69) is 4.98 Å². The summed E-state index contributed by atoms with van der Waals surface area (Å²) < 4.78 is 48.9. The van der Waals surface area contributed by atoms with Crippen molar-refractivity contribution in [1.29, 1.82) is 0 Å². The number of alkyl halides is 3. The van der Waals surface area contributed by atoms with Crippen molar-refractivity contribution >= 4 is 22.5 Å². The van der Waals surface area contributed by atoms with Gasteiger partial charge in [-0.3, -0.25) is 9.36 Å². The molecule has 8 nitrogen and oxygen atoms in total. The van der Waals surface area contributed by atoms with Gasteiger partial charge in [-0.2, -0.15) is 13.2 Å². The number of hydrogen-bond acceptors (Lipinski definition) is 8. The molecule has 8 rings (SSSR count). The monoisotopic (exact) mass is 568 g/mol. The van der Waals surface area contributed by atoms with E-state index < -0.39 is 17.5 Å². The van der Waals surface area contributed by atoms with Crippen molar-refractivity contribution in [2.45, 2.75) is 69.6 Å². The predicted octanol–water partition coefficient (Wildman–Crippen LogP) is 5.51. The normalized spacial score (nSPS) is 28.1. The van der Waals surface area contributed by atoms with Crippen molar-refractivity contribution in [3.05, 3.63) is 68.0 Å². The van der Waals surface area contributed by atoms with E-state index in [-0.39, 0.29) is 29.9 Å². The molecule has 4 fully saturated rings. The molecule has 12 heteroatoms. The summed E-state index contributed by atoms with van der Waals surface area (Å²) in [7, 11) is 0. The molecular weight excluding hydrogens is 541 g/mol. The maximum absolute atomic E-state index is 13.8. The fourth-order valence-electron chi connectivity index (χ4n) is 6.80. The molecule has 1 aliphatic heterocycles. The molecule has 3 saturated carbocycles. The van der Waals surface area contributed by atoms with Gasteiger partial charge in [0.15, 0.2) is 11.5 Å². The maximum Gasteiger partial charge on any atom is 0.392 e. The van der Waals surface area contributed by atoms with Crippen molar-refractivity contribution in [3.8, 4) is 5.82 Å². The fraction of sp³-hybridized carbons (Fsp3) is 0.500. The van der Waals surface area contributed by atoms with Crippen LogP contribution >= 0.6 is 11.3 Å². The molecule has 4 aliphatic rings. The smallest absolute Gasteiger partial charge is 0.373 e. The third-order valence-corrected chi connectivity index (χ3v) is 9.56. The molecule has 3 atom stereocenters. The Morgan fingerprint density at radius 2 is 1.88 bits per heavy atom. The van der Waals surface area contributed by atoms with Crippen LogP contribution in [0.5, 0.6) is 0 Å². The van der Waals surface area contributed by atoms with Crippen LogP contribution in [0, 0.1) is 25.7 Å². The topological polar surface area (TPSA) is 95.7 Å². The Morgan fingerprint density at radius 1 is 1.07 bits per heavy atom. The van der Waals surface area contributed by atoms with Crippen LogP contribution in [0.15, 0.2) is 34.0 Å². The number of rotatable bonds is 4. The van der Waals surface area contributed by atoms with Gasteiger partial charge in [-0.05, 0) is 63.5 Å². The molecule has 2 bridgehead atoms. The average molecular weight is 569 g/mol. The Morgan fingerprint density at radius 3 is 2.60 bits per heavy atom. The van der Waals surface area contributed by atoms with Gasteiger partial charge in [0.2, 0.25) is 0 Å². The summed E-state index contributed by atoms with van der Waals surface area (Å²) in [6.45, 7) is 4.17. The summed E-state index contributed by atoms with van der Waals surface area (Å²) in [6.07, 6.45) is -0.544. The summed E-state index contributed by atoms with van der Waals surface area (Å²) in [5, 5.41) is 1.81. The summed E-state index contributed by atoms with van der Waals surface area (Å²) >= 11 is 1.41. The third-order valence-electron chi connectivity index (χ3n) is 8.99. The van der Waals surface area contributed by atoms with Gasteiger partial charge in [-0.15, -0.1) is 11.3 Å². The first-order valence-corrected chi connectivity index (χ1v) is 14.4. The molecular formula is C28H27F3N6O2S. The van der Waals surface area contributed by atoms with Gasteiger partial charge in [0.05, 0.1) is 34.6 Å². The van der Waals surface area contributed by atoms with Crippen LogP contribution in [-0.4, -0.2) is 42.3 Å². The van der Waals surface area contributed by atoms with Crippen LogP contribution < -0.4 is 5.56 Å². The number of ether oxygens (including phenoxy) is 1. The van der Waals surface area contributed by atoms with Gasteiger partial charge in [0.25, 0.3) is 5.56 Å². The molecule has 2 unspecified atom stereocenters. The Kier molecular flexibility index (Phi) is 5.87. The number of aromatic nitrogens is 6. The van der Waals surface area contributed by atoms with Gasteiger partial charge in [0, 0.05) is 35.6 Å². The average Bonchev–Trinajstić information content (AvgIpc) is 3.65. The number of pyridine rings is 1. The standard InChI is InChI=1S/C28H27F3N6O2S/c1-14-15(2)34-26-23(33-14)24(27-8-18(9-27)19(10-27)28(29,30)31)35-25(36-26)16-5-6-39-20(7-16)17-3-4-22(38)37(11-17)21-12-40-13-32-21/h3-4,11-13,16,18-20H,5-10H2,1-2H3/t16?,18?,19-,20?,27?/m0/s1. The van der Waals surface area contributed by atoms with Gasteiger partial charge < -0.3 is 4.74 Å². The number of nitrogens with zero attached hydrogens (tertiary/aromatic N) is 6. The molecule has 5 heterocycles. The Balaban J connectivity index is 1.26. The Bertz CT molecular complexity index is 1670. The van der Waals surface area contributed by atoms with E-state index in [4.69, 9.17) is 24.7 Å². The number of aryl methyl sites for hydroxylation is 2. The Labute approximate surface area is 231 Å². The second-order valence-electron chi connectivity index (χ2n) is 11.4. The molecule has 4 aromatic heterocycles.